The Morgan fingerprint density at radius 3 is 2.77 bits per heavy atom. The molecule has 108 valence electrons. The summed E-state index contributed by atoms with van der Waals surface area (Å²) in [6.07, 6.45) is 1.43. The summed E-state index contributed by atoms with van der Waals surface area (Å²) in [6.45, 7) is 1.69. The molecule has 0 aliphatic carbocycles. The number of nitrogens with one attached hydrogen (secondary N) is 2. The summed E-state index contributed by atoms with van der Waals surface area (Å²) in [6, 6.07) is 9.87. The van der Waals surface area contributed by atoms with Gasteiger partial charge in [0.1, 0.15) is 5.56 Å². The molecule has 0 fully saturated rings. The van der Waals surface area contributed by atoms with Crippen LogP contribution in [0.25, 0.3) is 5.65 Å². The Balaban J connectivity index is 1.95. The van der Waals surface area contributed by atoms with Crippen LogP contribution in [0, 0.1) is 18.3 Å². The molecule has 0 bridgehead atoms. The zero-order chi connectivity index (χ0) is 15.7. The van der Waals surface area contributed by atoms with Crippen molar-refractivity contribution in [1.29, 1.82) is 5.26 Å². The van der Waals surface area contributed by atoms with E-state index >= 15 is 0 Å². The van der Waals surface area contributed by atoms with Crippen molar-refractivity contribution in [2.24, 2.45) is 0 Å². The minimum Gasteiger partial charge on any atom is -0.322 e. The molecule has 22 heavy (non-hydrogen) atoms. The topological polar surface area (TPSA) is 103 Å². The number of H-pyrrole nitrogens is 1. The summed E-state index contributed by atoms with van der Waals surface area (Å²) < 4.78 is 1.21. The van der Waals surface area contributed by atoms with E-state index in [1.165, 1.54) is 16.8 Å². The number of aryl methyl sites for hydroxylation is 1. The highest BCUT2D eigenvalue weighted by Crippen LogP contribution is 2.13. The van der Waals surface area contributed by atoms with Crippen molar-refractivity contribution < 1.29 is 4.79 Å². The summed E-state index contributed by atoms with van der Waals surface area (Å²) >= 11 is 0. The lowest BCUT2D eigenvalue weighted by Crippen LogP contribution is -2.16. The second kappa shape index (κ2) is 5.18. The molecule has 2 N–H and O–H groups in total. The van der Waals surface area contributed by atoms with Crippen molar-refractivity contribution in [3.8, 4) is 6.07 Å². The van der Waals surface area contributed by atoms with Crippen molar-refractivity contribution >= 4 is 17.2 Å². The van der Waals surface area contributed by atoms with Gasteiger partial charge in [0, 0.05) is 23.6 Å². The van der Waals surface area contributed by atoms with Crippen molar-refractivity contribution in [3.05, 3.63) is 63.7 Å². The van der Waals surface area contributed by atoms with Crippen molar-refractivity contribution in [1.82, 2.24) is 14.6 Å². The number of rotatable bonds is 2. The third-order valence-electron chi connectivity index (χ3n) is 3.14. The van der Waals surface area contributed by atoms with E-state index in [2.05, 4.69) is 15.4 Å². The van der Waals surface area contributed by atoms with Gasteiger partial charge < -0.3 is 5.32 Å². The molecule has 0 atom stereocenters. The van der Waals surface area contributed by atoms with Crippen LogP contribution in [-0.2, 0) is 0 Å². The van der Waals surface area contributed by atoms with Crippen LogP contribution >= 0.6 is 0 Å². The Labute approximate surface area is 124 Å². The van der Waals surface area contributed by atoms with Gasteiger partial charge in [-0.2, -0.15) is 5.26 Å². The zero-order valence-electron chi connectivity index (χ0n) is 11.6. The molecule has 0 aliphatic heterocycles. The number of hydrogen-bond acceptors (Lipinski definition) is 4. The summed E-state index contributed by atoms with van der Waals surface area (Å²) in [5.74, 6) is -0.388. The van der Waals surface area contributed by atoms with Gasteiger partial charge in [-0.05, 0) is 31.2 Å². The molecule has 0 spiro atoms. The van der Waals surface area contributed by atoms with Gasteiger partial charge in [-0.1, -0.05) is 0 Å². The summed E-state index contributed by atoms with van der Waals surface area (Å²) in [7, 11) is 0. The molecule has 0 unspecified atom stereocenters. The second-order valence-electron chi connectivity index (χ2n) is 4.73. The van der Waals surface area contributed by atoms with E-state index < -0.39 is 0 Å². The molecule has 3 rings (SSSR count). The number of carbonyl (C=O) groups is 1. The van der Waals surface area contributed by atoms with E-state index in [0.29, 0.717) is 16.9 Å². The normalized spacial score (nSPS) is 10.4. The Hall–Kier alpha value is -3.40. The number of hydrogen-bond donors (Lipinski definition) is 2. The predicted molar refractivity (Wildman–Crippen MR) is 79.7 cm³/mol. The lowest BCUT2D eigenvalue weighted by Gasteiger charge is -2.04. The molecular weight excluding hydrogens is 282 g/mol. The molecule has 2 heterocycles. The fraction of sp³-hybridized carbons (Fsp3) is 0.0667. The molecule has 0 radical (unpaired) electrons. The Morgan fingerprint density at radius 2 is 2.09 bits per heavy atom. The number of carbonyl (C=O) groups excluding carboxylic acids is 1. The first-order chi connectivity index (χ1) is 10.6. The molecule has 0 saturated carbocycles. The third-order valence-corrected chi connectivity index (χ3v) is 3.14. The maximum Gasteiger partial charge on any atom is 0.272 e. The zero-order valence-corrected chi connectivity index (χ0v) is 11.6. The molecule has 0 aliphatic rings. The van der Waals surface area contributed by atoms with E-state index in [4.69, 9.17) is 5.26 Å². The van der Waals surface area contributed by atoms with E-state index in [0.717, 1.165) is 0 Å². The van der Waals surface area contributed by atoms with Crippen LogP contribution in [0.2, 0.25) is 0 Å². The minimum absolute atomic E-state index is 0.269. The van der Waals surface area contributed by atoms with E-state index in [1.54, 1.807) is 31.2 Å². The maximum atomic E-state index is 12.3. The number of anilines is 1. The van der Waals surface area contributed by atoms with E-state index in [1.807, 2.05) is 6.07 Å². The maximum absolute atomic E-state index is 12.3. The second-order valence-corrected chi connectivity index (χ2v) is 4.73. The molecule has 3 aromatic rings. The lowest BCUT2D eigenvalue weighted by molar-refractivity contribution is 0.102. The van der Waals surface area contributed by atoms with Gasteiger partial charge in [-0.3, -0.25) is 14.7 Å². The average molecular weight is 293 g/mol. The van der Waals surface area contributed by atoms with Crippen LogP contribution in [0.4, 0.5) is 5.69 Å². The van der Waals surface area contributed by atoms with Crippen LogP contribution < -0.4 is 10.9 Å². The van der Waals surface area contributed by atoms with Crippen LogP contribution in [0.1, 0.15) is 21.6 Å². The molecule has 0 saturated heterocycles. The number of aromatic amines is 1. The van der Waals surface area contributed by atoms with Crippen LogP contribution in [0.3, 0.4) is 0 Å². The van der Waals surface area contributed by atoms with Gasteiger partial charge in [0.25, 0.3) is 11.5 Å². The first-order valence-corrected chi connectivity index (χ1v) is 6.48. The predicted octanol–water partition coefficient (Wildman–Crippen LogP) is 1.45. The molecule has 7 nitrogen and oxygen atoms in total. The van der Waals surface area contributed by atoms with Crippen LogP contribution in [0.15, 0.2) is 41.3 Å². The molecule has 1 amide bonds. The first kappa shape index (κ1) is 13.6. The lowest BCUT2D eigenvalue weighted by atomic mass is 10.2. The van der Waals surface area contributed by atoms with Crippen molar-refractivity contribution in [2.75, 3.05) is 5.32 Å². The number of nitriles is 1. The number of nitrogens with zero attached hydrogens (tertiary/aromatic N) is 3. The summed E-state index contributed by atoms with van der Waals surface area (Å²) in [5, 5.41) is 14.2. The van der Waals surface area contributed by atoms with Crippen LogP contribution in [-0.4, -0.2) is 20.5 Å². The van der Waals surface area contributed by atoms with Gasteiger partial charge in [0.05, 0.1) is 11.6 Å². The Bertz CT molecular complexity index is 960. The molecular formula is C15H11N5O2. The van der Waals surface area contributed by atoms with Crippen LogP contribution in [0.5, 0.6) is 0 Å². The Morgan fingerprint density at radius 1 is 1.36 bits per heavy atom. The van der Waals surface area contributed by atoms with Gasteiger partial charge >= 0.3 is 0 Å². The largest absolute Gasteiger partial charge is 0.322 e. The molecule has 1 aromatic carbocycles. The number of aromatic nitrogens is 3. The summed E-state index contributed by atoms with van der Waals surface area (Å²) in [4.78, 5) is 28.3. The fourth-order valence-corrected chi connectivity index (χ4v) is 2.09. The fourth-order valence-electron chi connectivity index (χ4n) is 2.09. The van der Waals surface area contributed by atoms with Gasteiger partial charge in [0.2, 0.25) is 0 Å². The van der Waals surface area contributed by atoms with E-state index in [-0.39, 0.29) is 22.7 Å². The number of amides is 1. The SMILES string of the molecule is Cc1cc(=O)n2[nH]cc(C(=O)Nc3ccc(C#N)cc3)c2n1. The monoisotopic (exact) mass is 293 g/mol. The smallest absolute Gasteiger partial charge is 0.272 e. The minimum atomic E-state index is -0.388. The number of benzene rings is 1. The third kappa shape index (κ3) is 2.33. The average Bonchev–Trinajstić information content (AvgIpc) is 2.92. The van der Waals surface area contributed by atoms with Gasteiger partial charge in [-0.15, -0.1) is 0 Å². The van der Waals surface area contributed by atoms with Gasteiger partial charge in [0.15, 0.2) is 5.65 Å². The number of fused-ring (bicyclic) bond motifs is 1. The van der Waals surface area contributed by atoms with Crippen molar-refractivity contribution in [2.45, 2.75) is 6.92 Å². The summed E-state index contributed by atoms with van der Waals surface area (Å²) in [5.41, 5.74) is 1.87. The Kier molecular flexibility index (Phi) is 3.20. The van der Waals surface area contributed by atoms with E-state index in [9.17, 15) is 9.59 Å². The highest BCUT2D eigenvalue weighted by molar-refractivity contribution is 6.08. The highest BCUT2D eigenvalue weighted by Gasteiger charge is 2.15. The van der Waals surface area contributed by atoms with Gasteiger partial charge in [-0.25, -0.2) is 9.50 Å². The quantitative estimate of drug-likeness (QED) is 0.746. The standard InChI is InChI=1S/C15H11N5O2/c1-9-6-13(21)20-14(18-9)12(8-17-20)15(22)19-11-4-2-10(7-16)3-5-11/h2-6,8,17H,1H3,(H,19,22). The highest BCUT2D eigenvalue weighted by atomic mass is 16.2. The molecule has 2 aromatic heterocycles. The van der Waals surface area contributed by atoms with Crippen molar-refractivity contribution in [3.63, 3.8) is 0 Å². The first-order valence-electron chi connectivity index (χ1n) is 6.48. The molecule has 7 heteroatoms.